The number of hydrogen-bond donors (Lipinski definition) is 1. The minimum absolute atomic E-state index is 0.119. The number of hydrogen-bond acceptors (Lipinski definition) is 4. The Hall–Kier alpha value is -2.62. The van der Waals surface area contributed by atoms with E-state index in [0.29, 0.717) is 11.5 Å². The van der Waals surface area contributed by atoms with Crippen molar-refractivity contribution in [2.75, 3.05) is 21.3 Å². The molecule has 0 radical (unpaired) electrons. The Kier molecular flexibility index (Phi) is 4.94. The highest BCUT2D eigenvalue weighted by Gasteiger charge is 2.08. The third-order valence-corrected chi connectivity index (χ3v) is 3.36. The highest BCUT2D eigenvalue weighted by Crippen LogP contribution is 2.33. The maximum atomic E-state index is 9.79. The second kappa shape index (κ2) is 6.89. The van der Waals surface area contributed by atoms with Gasteiger partial charge in [-0.25, -0.2) is 0 Å². The zero-order valence-corrected chi connectivity index (χ0v) is 13.2. The van der Waals surface area contributed by atoms with Crippen LogP contribution in [0.25, 0.3) is 12.2 Å². The van der Waals surface area contributed by atoms with Gasteiger partial charge in [0.2, 0.25) is 0 Å². The van der Waals surface area contributed by atoms with E-state index in [-0.39, 0.29) is 5.75 Å². The quantitative estimate of drug-likeness (QED) is 0.851. The van der Waals surface area contributed by atoms with Crippen LogP contribution in [0, 0.1) is 6.92 Å². The minimum Gasteiger partial charge on any atom is -0.504 e. The first-order valence-corrected chi connectivity index (χ1v) is 6.86. The molecular formula is C18H20O4. The second-order valence-electron chi connectivity index (χ2n) is 4.84. The summed E-state index contributed by atoms with van der Waals surface area (Å²) in [7, 11) is 4.77. The van der Waals surface area contributed by atoms with E-state index in [1.165, 1.54) is 7.11 Å². The monoisotopic (exact) mass is 300 g/mol. The zero-order valence-electron chi connectivity index (χ0n) is 13.2. The number of methoxy groups -OCH3 is 3. The average molecular weight is 300 g/mol. The van der Waals surface area contributed by atoms with Crippen LogP contribution >= 0.6 is 0 Å². The molecule has 0 bridgehead atoms. The molecule has 2 rings (SSSR count). The van der Waals surface area contributed by atoms with Gasteiger partial charge in [0, 0.05) is 0 Å². The highest BCUT2D eigenvalue weighted by atomic mass is 16.5. The van der Waals surface area contributed by atoms with Crippen LogP contribution in [0.4, 0.5) is 0 Å². The van der Waals surface area contributed by atoms with Crippen LogP contribution in [-0.4, -0.2) is 26.4 Å². The van der Waals surface area contributed by atoms with E-state index in [1.807, 2.05) is 37.3 Å². The van der Waals surface area contributed by atoms with Crippen molar-refractivity contribution < 1.29 is 19.3 Å². The number of rotatable bonds is 5. The summed E-state index contributed by atoms with van der Waals surface area (Å²) in [6.45, 7) is 1.97. The standard InChI is InChI=1S/C18H20O4/c1-12-9-14(11-17(21-3)18(12)22-4)6-5-13-7-8-16(20-2)15(19)10-13/h5-11,19H,1-4H3. The predicted octanol–water partition coefficient (Wildman–Crippen LogP) is 3.90. The van der Waals surface area contributed by atoms with E-state index >= 15 is 0 Å². The smallest absolute Gasteiger partial charge is 0.163 e. The normalized spacial score (nSPS) is 10.7. The van der Waals surface area contributed by atoms with E-state index in [4.69, 9.17) is 14.2 Å². The van der Waals surface area contributed by atoms with E-state index in [9.17, 15) is 5.11 Å². The molecule has 116 valence electrons. The zero-order chi connectivity index (χ0) is 16.1. The van der Waals surface area contributed by atoms with Crippen molar-refractivity contribution in [2.45, 2.75) is 6.92 Å². The Balaban J connectivity index is 2.30. The molecule has 0 aliphatic carbocycles. The lowest BCUT2D eigenvalue weighted by molar-refractivity contribution is 0.353. The van der Waals surface area contributed by atoms with Crippen molar-refractivity contribution in [1.29, 1.82) is 0 Å². The number of phenolic OH excluding ortho intramolecular Hbond substituents is 1. The molecule has 0 spiro atoms. The molecular weight excluding hydrogens is 280 g/mol. The summed E-state index contributed by atoms with van der Waals surface area (Å²) in [6.07, 6.45) is 3.87. The Morgan fingerprint density at radius 3 is 2.09 bits per heavy atom. The fourth-order valence-electron chi connectivity index (χ4n) is 2.28. The van der Waals surface area contributed by atoms with Gasteiger partial charge in [-0.2, -0.15) is 0 Å². The van der Waals surface area contributed by atoms with Crippen LogP contribution < -0.4 is 14.2 Å². The van der Waals surface area contributed by atoms with Crippen LogP contribution in [-0.2, 0) is 0 Å². The number of aromatic hydroxyl groups is 1. The maximum absolute atomic E-state index is 9.79. The summed E-state index contributed by atoms with van der Waals surface area (Å²) < 4.78 is 15.7. The molecule has 0 atom stereocenters. The summed E-state index contributed by atoms with van der Waals surface area (Å²) in [5.74, 6) is 2.01. The van der Waals surface area contributed by atoms with Crippen LogP contribution in [0.1, 0.15) is 16.7 Å². The lowest BCUT2D eigenvalue weighted by atomic mass is 10.1. The molecule has 4 heteroatoms. The first kappa shape index (κ1) is 15.8. The van der Waals surface area contributed by atoms with Crippen molar-refractivity contribution in [3.05, 3.63) is 47.0 Å². The molecule has 0 saturated carbocycles. The molecule has 0 aromatic heterocycles. The lowest BCUT2D eigenvalue weighted by Crippen LogP contribution is -1.93. The van der Waals surface area contributed by atoms with Crippen molar-refractivity contribution in [3.63, 3.8) is 0 Å². The summed E-state index contributed by atoms with van der Waals surface area (Å²) in [5.41, 5.74) is 2.87. The molecule has 0 amide bonds. The lowest BCUT2D eigenvalue weighted by Gasteiger charge is -2.11. The molecule has 0 aliphatic rings. The highest BCUT2D eigenvalue weighted by molar-refractivity contribution is 5.72. The van der Waals surface area contributed by atoms with Crippen LogP contribution in [0.15, 0.2) is 30.3 Å². The average Bonchev–Trinajstić information content (AvgIpc) is 2.52. The fourth-order valence-corrected chi connectivity index (χ4v) is 2.28. The van der Waals surface area contributed by atoms with Crippen LogP contribution in [0.2, 0.25) is 0 Å². The van der Waals surface area contributed by atoms with E-state index < -0.39 is 0 Å². The summed E-state index contributed by atoms with van der Waals surface area (Å²) >= 11 is 0. The molecule has 0 heterocycles. The van der Waals surface area contributed by atoms with Gasteiger partial charge in [0.15, 0.2) is 23.0 Å². The topological polar surface area (TPSA) is 47.9 Å². The first-order chi connectivity index (χ1) is 10.6. The van der Waals surface area contributed by atoms with Gasteiger partial charge in [-0.3, -0.25) is 0 Å². The third kappa shape index (κ3) is 3.34. The molecule has 22 heavy (non-hydrogen) atoms. The third-order valence-electron chi connectivity index (χ3n) is 3.36. The van der Waals surface area contributed by atoms with Crippen LogP contribution in [0.3, 0.4) is 0 Å². The van der Waals surface area contributed by atoms with Gasteiger partial charge >= 0.3 is 0 Å². The Labute approximate surface area is 130 Å². The van der Waals surface area contributed by atoms with E-state index in [0.717, 1.165) is 22.4 Å². The van der Waals surface area contributed by atoms with Crippen LogP contribution in [0.5, 0.6) is 23.0 Å². The number of benzene rings is 2. The van der Waals surface area contributed by atoms with E-state index in [2.05, 4.69) is 0 Å². The molecule has 1 N–H and O–H groups in total. The van der Waals surface area contributed by atoms with Gasteiger partial charge in [0.1, 0.15) is 0 Å². The van der Waals surface area contributed by atoms with Gasteiger partial charge < -0.3 is 19.3 Å². The maximum Gasteiger partial charge on any atom is 0.163 e. The Bertz CT molecular complexity index is 690. The summed E-state index contributed by atoms with van der Waals surface area (Å²) in [6, 6.07) is 9.19. The van der Waals surface area contributed by atoms with Gasteiger partial charge in [0.25, 0.3) is 0 Å². The van der Waals surface area contributed by atoms with Crippen molar-refractivity contribution >= 4 is 12.2 Å². The molecule has 0 fully saturated rings. The summed E-state index contributed by atoms with van der Waals surface area (Å²) in [5, 5.41) is 9.79. The van der Waals surface area contributed by atoms with Gasteiger partial charge in [0.05, 0.1) is 21.3 Å². The fraction of sp³-hybridized carbons (Fsp3) is 0.222. The van der Waals surface area contributed by atoms with Crippen molar-refractivity contribution in [1.82, 2.24) is 0 Å². The number of aryl methyl sites for hydroxylation is 1. The molecule has 2 aromatic rings. The van der Waals surface area contributed by atoms with Gasteiger partial charge in [-0.15, -0.1) is 0 Å². The van der Waals surface area contributed by atoms with Gasteiger partial charge in [-0.1, -0.05) is 18.2 Å². The number of phenols is 1. The Morgan fingerprint density at radius 2 is 1.50 bits per heavy atom. The minimum atomic E-state index is 0.119. The first-order valence-electron chi connectivity index (χ1n) is 6.86. The molecule has 0 unspecified atom stereocenters. The molecule has 0 aliphatic heterocycles. The number of ether oxygens (including phenoxy) is 3. The van der Waals surface area contributed by atoms with E-state index in [1.54, 1.807) is 26.4 Å². The predicted molar refractivity (Wildman–Crippen MR) is 87.9 cm³/mol. The van der Waals surface area contributed by atoms with Gasteiger partial charge in [-0.05, 0) is 47.9 Å². The van der Waals surface area contributed by atoms with Crippen molar-refractivity contribution in [3.8, 4) is 23.0 Å². The molecule has 0 saturated heterocycles. The second-order valence-corrected chi connectivity index (χ2v) is 4.84. The molecule has 2 aromatic carbocycles. The van der Waals surface area contributed by atoms with Crippen molar-refractivity contribution in [2.24, 2.45) is 0 Å². The summed E-state index contributed by atoms with van der Waals surface area (Å²) in [4.78, 5) is 0. The Morgan fingerprint density at radius 1 is 0.818 bits per heavy atom. The molecule has 4 nitrogen and oxygen atoms in total. The largest absolute Gasteiger partial charge is 0.504 e. The SMILES string of the molecule is COc1ccc(C=Cc2cc(C)c(OC)c(OC)c2)cc1O.